The summed E-state index contributed by atoms with van der Waals surface area (Å²) < 4.78 is 5.36. The van der Waals surface area contributed by atoms with Gasteiger partial charge in [-0.05, 0) is 32.2 Å². The maximum Gasteiger partial charge on any atom is 0.0594 e. The third-order valence-corrected chi connectivity index (χ3v) is 3.01. The minimum absolute atomic E-state index is 0.652. The average Bonchev–Trinajstić information content (AvgIpc) is 2.29. The first-order chi connectivity index (χ1) is 7.38. The fourth-order valence-electron chi connectivity index (χ4n) is 2.14. The van der Waals surface area contributed by atoms with E-state index >= 15 is 0 Å². The zero-order chi connectivity index (χ0) is 10.9. The quantitative estimate of drug-likeness (QED) is 0.512. The van der Waals surface area contributed by atoms with Gasteiger partial charge in [-0.15, -0.1) is 6.58 Å². The summed E-state index contributed by atoms with van der Waals surface area (Å²) in [7, 11) is 0. The molecule has 1 atom stereocenters. The summed E-state index contributed by atoms with van der Waals surface area (Å²) >= 11 is 0. The molecule has 1 rings (SSSR count). The van der Waals surface area contributed by atoms with Gasteiger partial charge in [0.25, 0.3) is 0 Å². The summed E-state index contributed by atoms with van der Waals surface area (Å²) in [5.74, 6) is 0. The van der Waals surface area contributed by atoms with Crippen LogP contribution in [-0.2, 0) is 4.74 Å². The highest BCUT2D eigenvalue weighted by atomic mass is 16.5. The molecule has 1 aliphatic rings. The van der Waals surface area contributed by atoms with Crippen molar-refractivity contribution in [2.75, 3.05) is 32.8 Å². The van der Waals surface area contributed by atoms with E-state index in [1.807, 2.05) is 6.08 Å². The van der Waals surface area contributed by atoms with Crippen LogP contribution in [0.5, 0.6) is 0 Å². The molecule has 88 valence electrons. The molecule has 0 saturated carbocycles. The summed E-state index contributed by atoms with van der Waals surface area (Å²) in [6.45, 7) is 8.44. The summed E-state index contributed by atoms with van der Waals surface area (Å²) in [6.07, 6.45) is 6.69. The molecule has 0 aromatic rings. The third kappa shape index (κ3) is 4.78. The number of ether oxygens (including phenoxy) is 1. The topological polar surface area (TPSA) is 38.5 Å². The largest absolute Gasteiger partial charge is 0.379 e. The Labute approximate surface area is 93.3 Å². The van der Waals surface area contributed by atoms with Crippen molar-refractivity contribution >= 4 is 0 Å². The van der Waals surface area contributed by atoms with Crippen LogP contribution in [0.15, 0.2) is 12.7 Å². The van der Waals surface area contributed by atoms with Gasteiger partial charge in [-0.2, -0.15) is 0 Å². The van der Waals surface area contributed by atoms with Gasteiger partial charge in [0.05, 0.1) is 13.2 Å². The Morgan fingerprint density at radius 1 is 1.33 bits per heavy atom. The predicted octanol–water partition coefficient (Wildman–Crippen LogP) is 1.39. The highest BCUT2D eigenvalue weighted by molar-refractivity contribution is 4.76. The van der Waals surface area contributed by atoms with E-state index in [2.05, 4.69) is 11.5 Å². The second kappa shape index (κ2) is 7.85. The second-order valence-electron chi connectivity index (χ2n) is 4.10. The number of morpholine rings is 1. The Morgan fingerprint density at radius 2 is 2.07 bits per heavy atom. The standard InChI is InChI=1S/C12H24N2O/c1-2-3-4-5-12(6-7-13)14-8-10-15-11-9-14/h2,12H,1,3-11,13H2. The number of unbranched alkanes of at least 4 members (excludes halogenated alkanes) is 1. The molecule has 0 aliphatic carbocycles. The van der Waals surface area contributed by atoms with Crippen LogP contribution in [-0.4, -0.2) is 43.8 Å². The van der Waals surface area contributed by atoms with Gasteiger partial charge < -0.3 is 10.5 Å². The maximum atomic E-state index is 5.66. The molecule has 1 aliphatic heterocycles. The van der Waals surface area contributed by atoms with Crippen LogP contribution < -0.4 is 5.73 Å². The Morgan fingerprint density at radius 3 is 2.67 bits per heavy atom. The van der Waals surface area contributed by atoms with Crippen molar-refractivity contribution in [3.8, 4) is 0 Å². The van der Waals surface area contributed by atoms with Gasteiger partial charge in [0.1, 0.15) is 0 Å². The van der Waals surface area contributed by atoms with Crippen LogP contribution in [0.1, 0.15) is 25.7 Å². The van der Waals surface area contributed by atoms with Gasteiger partial charge in [-0.3, -0.25) is 4.90 Å². The van der Waals surface area contributed by atoms with Crippen LogP contribution in [0.3, 0.4) is 0 Å². The Kier molecular flexibility index (Phi) is 6.64. The van der Waals surface area contributed by atoms with Gasteiger partial charge in [-0.1, -0.05) is 6.08 Å². The van der Waals surface area contributed by atoms with Crippen molar-refractivity contribution in [3.05, 3.63) is 12.7 Å². The van der Waals surface area contributed by atoms with E-state index in [4.69, 9.17) is 10.5 Å². The van der Waals surface area contributed by atoms with Gasteiger partial charge in [0.15, 0.2) is 0 Å². The van der Waals surface area contributed by atoms with Crippen molar-refractivity contribution in [2.45, 2.75) is 31.7 Å². The Hall–Kier alpha value is -0.380. The first kappa shape index (κ1) is 12.7. The van der Waals surface area contributed by atoms with Crippen LogP contribution in [0.4, 0.5) is 0 Å². The fraction of sp³-hybridized carbons (Fsp3) is 0.833. The fourth-order valence-corrected chi connectivity index (χ4v) is 2.14. The van der Waals surface area contributed by atoms with Gasteiger partial charge >= 0.3 is 0 Å². The zero-order valence-electron chi connectivity index (χ0n) is 9.66. The molecule has 3 heteroatoms. The monoisotopic (exact) mass is 212 g/mol. The molecule has 0 aromatic heterocycles. The lowest BCUT2D eigenvalue weighted by Gasteiger charge is -2.34. The molecule has 0 spiro atoms. The van der Waals surface area contributed by atoms with Crippen molar-refractivity contribution in [3.63, 3.8) is 0 Å². The number of rotatable bonds is 7. The van der Waals surface area contributed by atoms with E-state index < -0.39 is 0 Å². The highest BCUT2D eigenvalue weighted by Gasteiger charge is 2.19. The summed E-state index contributed by atoms with van der Waals surface area (Å²) in [5.41, 5.74) is 5.66. The molecule has 3 nitrogen and oxygen atoms in total. The number of nitrogens with zero attached hydrogens (tertiary/aromatic N) is 1. The smallest absolute Gasteiger partial charge is 0.0594 e. The SMILES string of the molecule is C=CCCCC(CCN)N1CCOCC1. The summed E-state index contributed by atoms with van der Waals surface area (Å²) in [5, 5.41) is 0. The first-order valence-electron chi connectivity index (χ1n) is 6.01. The van der Waals surface area contributed by atoms with E-state index in [0.29, 0.717) is 6.04 Å². The molecular weight excluding hydrogens is 188 g/mol. The van der Waals surface area contributed by atoms with E-state index in [0.717, 1.165) is 45.7 Å². The molecule has 0 amide bonds. The van der Waals surface area contributed by atoms with Crippen LogP contribution in [0.2, 0.25) is 0 Å². The lowest BCUT2D eigenvalue weighted by atomic mass is 10.0. The van der Waals surface area contributed by atoms with Gasteiger partial charge in [0.2, 0.25) is 0 Å². The van der Waals surface area contributed by atoms with E-state index in [1.165, 1.54) is 12.8 Å². The molecule has 1 fully saturated rings. The van der Waals surface area contributed by atoms with Crippen molar-refractivity contribution in [2.24, 2.45) is 5.73 Å². The van der Waals surface area contributed by atoms with Crippen LogP contribution >= 0.6 is 0 Å². The van der Waals surface area contributed by atoms with Crippen LogP contribution in [0, 0.1) is 0 Å². The minimum atomic E-state index is 0.652. The van der Waals surface area contributed by atoms with E-state index in [-0.39, 0.29) is 0 Å². The Balaban J connectivity index is 2.29. The first-order valence-corrected chi connectivity index (χ1v) is 6.01. The predicted molar refractivity (Wildman–Crippen MR) is 63.9 cm³/mol. The van der Waals surface area contributed by atoms with Crippen molar-refractivity contribution < 1.29 is 4.74 Å². The van der Waals surface area contributed by atoms with Gasteiger partial charge in [-0.25, -0.2) is 0 Å². The molecular formula is C12H24N2O. The second-order valence-corrected chi connectivity index (χ2v) is 4.10. The Bertz CT molecular complexity index is 167. The molecule has 0 aromatic carbocycles. The normalized spacial score (nSPS) is 20.1. The molecule has 2 N–H and O–H groups in total. The lowest BCUT2D eigenvalue weighted by Crippen LogP contribution is -2.44. The average molecular weight is 212 g/mol. The number of hydrogen-bond donors (Lipinski definition) is 1. The molecule has 1 saturated heterocycles. The minimum Gasteiger partial charge on any atom is -0.379 e. The maximum absolute atomic E-state index is 5.66. The van der Waals surface area contributed by atoms with Gasteiger partial charge in [0, 0.05) is 19.1 Å². The van der Waals surface area contributed by atoms with Crippen LogP contribution in [0.25, 0.3) is 0 Å². The molecule has 15 heavy (non-hydrogen) atoms. The van der Waals surface area contributed by atoms with E-state index in [1.54, 1.807) is 0 Å². The molecule has 0 bridgehead atoms. The van der Waals surface area contributed by atoms with Crippen molar-refractivity contribution in [1.29, 1.82) is 0 Å². The number of nitrogens with two attached hydrogens (primary N) is 1. The highest BCUT2D eigenvalue weighted by Crippen LogP contribution is 2.14. The number of hydrogen-bond acceptors (Lipinski definition) is 3. The third-order valence-electron chi connectivity index (χ3n) is 3.01. The zero-order valence-corrected chi connectivity index (χ0v) is 9.66. The summed E-state index contributed by atoms with van der Waals surface area (Å²) in [4.78, 5) is 2.53. The molecule has 1 heterocycles. The lowest BCUT2D eigenvalue weighted by molar-refractivity contribution is 0.0131. The summed E-state index contributed by atoms with van der Waals surface area (Å²) in [6, 6.07) is 0.652. The van der Waals surface area contributed by atoms with Crippen molar-refractivity contribution in [1.82, 2.24) is 4.90 Å². The molecule has 1 unspecified atom stereocenters. The molecule has 0 radical (unpaired) electrons. The van der Waals surface area contributed by atoms with E-state index in [9.17, 15) is 0 Å². The number of allylic oxidation sites excluding steroid dienone is 1.